The van der Waals surface area contributed by atoms with Gasteiger partial charge in [-0.05, 0) is 40.7 Å². The van der Waals surface area contributed by atoms with Crippen molar-refractivity contribution in [2.24, 2.45) is 5.73 Å². The fourth-order valence-electron chi connectivity index (χ4n) is 2.28. The number of rotatable bonds is 6. The van der Waals surface area contributed by atoms with Crippen LogP contribution in [0.3, 0.4) is 0 Å². The summed E-state index contributed by atoms with van der Waals surface area (Å²) in [5.41, 5.74) is 7.05. The van der Waals surface area contributed by atoms with Crippen LogP contribution in [0.25, 0.3) is 0 Å². The number of nitrogens with zero attached hydrogens (tertiary/aromatic N) is 1. The first kappa shape index (κ1) is 15.6. The van der Waals surface area contributed by atoms with Gasteiger partial charge in [0.15, 0.2) is 11.5 Å². The van der Waals surface area contributed by atoms with Gasteiger partial charge in [0.25, 0.3) is 0 Å². The van der Waals surface area contributed by atoms with Gasteiger partial charge in [-0.25, -0.2) is 0 Å². The molecule has 0 spiro atoms. The average molecular weight is 345 g/mol. The van der Waals surface area contributed by atoms with Gasteiger partial charge in [0, 0.05) is 26.2 Å². The van der Waals surface area contributed by atoms with Crippen LogP contribution in [0.1, 0.15) is 11.6 Å². The molecule has 20 heavy (non-hydrogen) atoms. The van der Waals surface area contributed by atoms with Gasteiger partial charge in [-0.15, -0.1) is 0 Å². The number of halogens is 1. The zero-order valence-electron chi connectivity index (χ0n) is 11.9. The summed E-state index contributed by atoms with van der Waals surface area (Å²) < 4.78 is 17.3. The highest BCUT2D eigenvalue weighted by molar-refractivity contribution is 9.10. The Morgan fingerprint density at radius 1 is 1.40 bits per heavy atom. The minimum atomic E-state index is 0.122. The van der Waals surface area contributed by atoms with Crippen LogP contribution >= 0.6 is 15.9 Å². The molecule has 5 nitrogen and oxygen atoms in total. The molecule has 6 heteroatoms. The van der Waals surface area contributed by atoms with E-state index in [1.807, 2.05) is 19.2 Å². The van der Waals surface area contributed by atoms with Crippen LogP contribution in [0, 0.1) is 0 Å². The lowest BCUT2D eigenvalue weighted by Crippen LogP contribution is -2.33. The molecule has 0 aliphatic carbocycles. The molecular formula is C14H21BrN2O3. The second kappa shape index (κ2) is 7.26. The lowest BCUT2D eigenvalue weighted by atomic mass is 10.0. The van der Waals surface area contributed by atoms with Gasteiger partial charge >= 0.3 is 0 Å². The summed E-state index contributed by atoms with van der Waals surface area (Å²) in [6.07, 6.45) is 0. The maximum absolute atomic E-state index is 5.93. The molecule has 1 aliphatic rings. The van der Waals surface area contributed by atoms with Crippen LogP contribution in [0.5, 0.6) is 11.5 Å². The summed E-state index contributed by atoms with van der Waals surface area (Å²) in [5, 5.41) is 0. The molecule has 0 saturated heterocycles. The SMILES string of the molecule is COCCN(C)C(CN)c1cc(Br)c2c(c1)OCCO2. The first-order chi connectivity index (χ1) is 9.67. The first-order valence-electron chi connectivity index (χ1n) is 6.65. The van der Waals surface area contributed by atoms with E-state index in [-0.39, 0.29) is 6.04 Å². The number of hydrogen-bond donors (Lipinski definition) is 1. The summed E-state index contributed by atoms with van der Waals surface area (Å²) in [6.45, 7) is 3.20. The normalized spacial score (nSPS) is 15.4. The number of methoxy groups -OCH3 is 1. The Morgan fingerprint density at radius 2 is 2.15 bits per heavy atom. The van der Waals surface area contributed by atoms with Crippen molar-refractivity contribution in [1.29, 1.82) is 0 Å². The maximum Gasteiger partial charge on any atom is 0.175 e. The van der Waals surface area contributed by atoms with Gasteiger partial charge < -0.3 is 19.9 Å². The van der Waals surface area contributed by atoms with E-state index in [0.29, 0.717) is 26.4 Å². The van der Waals surface area contributed by atoms with E-state index in [2.05, 4.69) is 20.8 Å². The maximum atomic E-state index is 5.93. The van der Waals surface area contributed by atoms with Gasteiger partial charge in [-0.2, -0.15) is 0 Å². The van der Waals surface area contributed by atoms with Gasteiger partial charge in [-0.3, -0.25) is 4.90 Å². The Labute approximate surface area is 128 Å². The molecule has 2 N–H and O–H groups in total. The molecule has 1 aliphatic heterocycles. The fourth-order valence-corrected chi connectivity index (χ4v) is 2.86. The number of hydrogen-bond acceptors (Lipinski definition) is 5. The quantitative estimate of drug-likeness (QED) is 0.852. The van der Waals surface area contributed by atoms with Crippen molar-refractivity contribution < 1.29 is 14.2 Å². The molecule has 1 heterocycles. The molecule has 112 valence electrons. The van der Waals surface area contributed by atoms with E-state index in [9.17, 15) is 0 Å². The van der Waals surface area contributed by atoms with Gasteiger partial charge in [-0.1, -0.05) is 0 Å². The molecule has 0 amide bonds. The molecular weight excluding hydrogens is 324 g/mol. The fraction of sp³-hybridized carbons (Fsp3) is 0.571. The van der Waals surface area contributed by atoms with Crippen molar-refractivity contribution in [3.63, 3.8) is 0 Å². The number of benzene rings is 1. The molecule has 0 aromatic heterocycles. The molecule has 0 radical (unpaired) electrons. The predicted molar refractivity (Wildman–Crippen MR) is 81.4 cm³/mol. The Morgan fingerprint density at radius 3 is 2.85 bits per heavy atom. The van der Waals surface area contributed by atoms with Crippen LogP contribution in [-0.4, -0.2) is 52.0 Å². The number of ether oxygens (including phenoxy) is 3. The Bertz CT molecular complexity index is 456. The summed E-state index contributed by atoms with van der Waals surface area (Å²) in [6, 6.07) is 4.19. The Balaban J connectivity index is 2.23. The van der Waals surface area contributed by atoms with E-state index in [1.54, 1.807) is 7.11 Å². The smallest absolute Gasteiger partial charge is 0.175 e. The van der Waals surface area contributed by atoms with Crippen LogP contribution in [0.15, 0.2) is 16.6 Å². The zero-order chi connectivity index (χ0) is 14.5. The van der Waals surface area contributed by atoms with E-state index in [0.717, 1.165) is 28.1 Å². The van der Waals surface area contributed by atoms with Gasteiger partial charge in [0.2, 0.25) is 0 Å². The van der Waals surface area contributed by atoms with Crippen molar-refractivity contribution in [2.45, 2.75) is 6.04 Å². The second-order valence-corrected chi connectivity index (χ2v) is 5.61. The molecule has 1 unspecified atom stereocenters. The zero-order valence-corrected chi connectivity index (χ0v) is 13.5. The van der Waals surface area contributed by atoms with Crippen LogP contribution in [0.4, 0.5) is 0 Å². The first-order valence-corrected chi connectivity index (χ1v) is 7.45. The van der Waals surface area contributed by atoms with E-state index in [4.69, 9.17) is 19.9 Å². The Kier molecular flexibility index (Phi) is 5.65. The van der Waals surface area contributed by atoms with E-state index < -0.39 is 0 Å². The van der Waals surface area contributed by atoms with Crippen LogP contribution < -0.4 is 15.2 Å². The van der Waals surface area contributed by atoms with Crippen LogP contribution in [-0.2, 0) is 4.74 Å². The number of likely N-dealkylation sites (N-methyl/N-ethyl adjacent to an activating group) is 1. The van der Waals surface area contributed by atoms with E-state index in [1.165, 1.54) is 0 Å². The standard InChI is InChI=1S/C14H21BrN2O3/c1-17(3-4-18-2)12(9-16)10-7-11(15)14-13(8-10)19-5-6-20-14/h7-8,12H,3-6,9,16H2,1-2H3. The van der Waals surface area contributed by atoms with Crippen molar-refractivity contribution in [3.8, 4) is 11.5 Å². The lowest BCUT2D eigenvalue weighted by Gasteiger charge is -2.29. The van der Waals surface area contributed by atoms with Gasteiger partial charge in [0.1, 0.15) is 13.2 Å². The van der Waals surface area contributed by atoms with Crippen molar-refractivity contribution >= 4 is 15.9 Å². The number of fused-ring (bicyclic) bond motifs is 1. The minimum Gasteiger partial charge on any atom is -0.486 e. The van der Waals surface area contributed by atoms with Crippen LogP contribution in [0.2, 0.25) is 0 Å². The third-order valence-electron chi connectivity index (χ3n) is 3.41. The monoisotopic (exact) mass is 344 g/mol. The topological polar surface area (TPSA) is 57.0 Å². The molecule has 0 fully saturated rings. The summed E-state index contributed by atoms with van der Waals surface area (Å²) in [4.78, 5) is 2.18. The van der Waals surface area contributed by atoms with Crippen molar-refractivity contribution in [1.82, 2.24) is 4.90 Å². The lowest BCUT2D eigenvalue weighted by molar-refractivity contribution is 0.139. The molecule has 1 aromatic rings. The summed E-state index contributed by atoms with van der Waals surface area (Å²) in [7, 11) is 3.74. The third kappa shape index (κ3) is 3.44. The highest BCUT2D eigenvalue weighted by Crippen LogP contribution is 2.40. The molecule has 0 bridgehead atoms. The highest BCUT2D eigenvalue weighted by Gasteiger charge is 2.21. The molecule has 0 saturated carbocycles. The van der Waals surface area contributed by atoms with Gasteiger partial charge in [0.05, 0.1) is 11.1 Å². The summed E-state index contributed by atoms with van der Waals surface area (Å²) in [5.74, 6) is 1.55. The molecule has 1 aromatic carbocycles. The van der Waals surface area contributed by atoms with Crippen molar-refractivity contribution in [2.75, 3.05) is 47.1 Å². The van der Waals surface area contributed by atoms with Crippen molar-refractivity contribution in [3.05, 3.63) is 22.2 Å². The Hall–Kier alpha value is -0.820. The largest absolute Gasteiger partial charge is 0.486 e. The van der Waals surface area contributed by atoms with E-state index >= 15 is 0 Å². The second-order valence-electron chi connectivity index (χ2n) is 4.75. The predicted octanol–water partition coefficient (Wildman–Crippen LogP) is 1.80. The average Bonchev–Trinajstić information content (AvgIpc) is 2.46. The molecule has 1 atom stereocenters. The highest BCUT2D eigenvalue weighted by atomic mass is 79.9. The summed E-state index contributed by atoms with van der Waals surface area (Å²) >= 11 is 3.54. The number of nitrogens with two attached hydrogens (primary N) is 1. The minimum absolute atomic E-state index is 0.122. The third-order valence-corrected chi connectivity index (χ3v) is 4.00. The molecule has 2 rings (SSSR count).